The molecule has 0 bridgehead atoms. The molecule has 0 amide bonds. The predicted octanol–water partition coefficient (Wildman–Crippen LogP) is 2.57. The van der Waals surface area contributed by atoms with Gasteiger partial charge in [-0.1, -0.05) is 30.3 Å². The van der Waals surface area contributed by atoms with Crippen LogP contribution < -0.4 is 0 Å². The Balaban J connectivity index is 0.00000210. The van der Waals surface area contributed by atoms with Gasteiger partial charge in [0, 0.05) is 46.1 Å². The molecule has 8 heteroatoms. The van der Waals surface area contributed by atoms with Crippen molar-refractivity contribution in [3.63, 3.8) is 0 Å². The fraction of sp³-hybridized carbons (Fsp3) is 0.105. The van der Waals surface area contributed by atoms with E-state index in [0.29, 0.717) is 33.3 Å². The quantitative estimate of drug-likeness (QED) is 0.410. The molecule has 1 heterocycles. The summed E-state index contributed by atoms with van der Waals surface area (Å²) in [5, 5.41) is 0.497. The zero-order chi connectivity index (χ0) is 18.6. The van der Waals surface area contributed by atoms with Crippen molar-refractivity contribution < 1.29 is 22.6 Å². The Morgan fingerprint density at radius 1 is 0.963 bits per heavy atom. The van der Waals surface area contributed by atoms with Crippen molar-refractivity contribution in [2.45, 2.75) is 17.7 Å². The van der Waals surface area contributed by atoms with Crippen LogP contribution in [-0.2, 0) is 10.1 Å². The van der Waals surface area contributed by atoms with Crippen LogP contribution in [-0.4, -0.2) is 59.1 Å². The van der Waals surface area contributed by atoms with Crippen molar-refractivity contribution in [2.75, 3.05) is 0 Å². The number of carbonyl (C=O) groups is 2. The summed E-state index contributed by atoms with van der Waals surface area (Å²) in [6.07, 6.45) is 0. The van der Waals surface area contributed by atoms with E-state index in [2.05, 4.69) is 4.98 Å². The average Bonchev–Trinajstić information content (AvgIpc) is 2.85. The van der Waals surface area contributed by atoms with Crippen LogP contribution in [0.2, 0.25) is 0 Å². The van der Waals surface area contributed by atoms with Gasteiger partial charge in [0.2, 0.25) is 0 Å². The first-order valence-electron chi connectivity index (χ1n) is 7.83. The number of hydrogen-bond acceptors (Lipinski definition) is 5. The summed E-state index contributed by atoms with van der Waals surface area (Å²) in [7, 11) is -4.33. The second kappa shape index (κ2) is 6.92. The molecule has 4 rings (SSSR count). The summed E-state index contributed by atoms with van der Waals surface area (Å²) < 4.78 is 32.0. The van der Waals surface area contributed by atoms with E-state index in [1.165, 1.54) is 12.1 Å². The first-order chi connectivity index (χ1) is 12.3. The van der Waals surface area contributed by atoms with E-state index in [1.54, 1.807) is 43.3 Å². The van der Waals surface area contributed by atoms with Crippen LogP contribution in [0.15, 0.2) is 53.4 Å². The van der Waals surface area contributed by atoms with Crippen LogP contribution in [0.25, 0.3) is 10.9 Å². The normalized spacial score (nSPS) is 14.3. The molecule has 0 saturated heterocycles. The largest absolute Gasteiger partial charge is 0.294 e. The third-order valence-electron chi connectivity index (χ3n) is 4.55. The zero-order valence-electron chi connectivity index (χ0n) is 14.6. The monoisotopic (exact) mass is 390 g/mol. The Morgan fingerprint density at radius 2 is 1.56 bits per heavy atom. The number of nitrogens with zero attached hydrogens (tertiary/aromatic N) is 1. The molecular weight excluding hydrogens is 377 g/mol. The Hall–Kier alpha value is -1.90. The molecule has 0 saturated carbocycles. The fourth-order valence-corrected chi connectivity index (χ4v) is 3.92. The summed E-state index contributed by atoms with van der Waals surface area (Å²) in [4.78, 5) is 29.5. The van der Waals surface area contributed by atoms with Crippen molar-refractivity contribution in [2.24, 2.45) is 0 Å². The maximum absolute atomic E-state index is 12.6. The van der Waals surface area contributed by atoms with Gasteiger partial charge in [-0.3, -0.25) is 19.1 Å². The van der Waals surface area contributed by atoms with Gasteiger partial charge < -0.3 is 0 Å². The fourth-order valence-electron chi connectivity index (χ4n) is 3.32. The van der Waals surface area contributed by atoms with Gasteiger partial charge in [0.1, 0.15) is 5.92 Å². The van der Waals surface area contributed by atoms with Gasteiger partial charge in [0.25, 0.3) is 10.1 Å². The maximum Gasteiger partial charge on any atom is 0.294 e. The minimum absolute atomic E-state index is 0. The Labute approximate surface area is 177 Å². The van der Waals surface area contributed by atoms with Gasteiger partial charge >= 0.3 is 0 Å². The molecule has 131 valence electrons. The minimum Gasteiger partial charge on any atom is -0.293 e. The molecule has 1 aliphatic carbocycles. The van der Waals surface area contributed by atoms with Crippen molar-refractivity contribution in [3.8, 4) is 0 Å². The molecule has 6 nitrogen and oxygen atoms in total. The van der Waals surface area contributed by atoms with E-state index < -0.39 is 16.0 Å². The summed E-state index contributed by atoms with van der Waals surface area (Å²) >= 11 is 0. The van der Waals surface area contributed by atoms with E-state index in [9.17, 15) is 22.6 Å². The molecule has 1 radical (unpaired) electrons. The van der Waals surface area contributed by atoms with Gasteiger partial charge in [0.15, 0.2) is 11.6 Å². The third kappa shape index (κ3) is 3.26. The van der Waals surface area contributed by atoms with Crippen LogP contribution >= 0.6 is 0 Å². The number of fused-ring (bicyclic) bond motifs is 2. The Bertz CT molecular complexity index is 1180. The minimum atomic E-state index is -4.33. The van der Waals surface area contributed by atoms with E-state index >= 15 is 0 Å². The molecule has 0 fully saturated rings. The number of benzene rings is 2. The molecular formula is C19H13NNaO5S. The summed E-state index contributed by atoms with van der Waals surface area (Å²) in [5.74, 6) is -1.56. The number of ketones is 2. The Morgan fingerprint density at radius 3 is 2.11 bits per heavy atom. The molecule has 1 aromatic heterocycles. The van der Waals surface area contributed by atoms with Crippen LogP contribution in [0.3, 0.4) is 0 Å². The van der Waals surface area contributed by atoms with Crippen LogP contribution in [0, 0.1) is 6.92 Å². The second-order valence-electron chi connectivity index (χ2n) is 6.23. The smallest absolute Gasteiger partial charge is 0.293 e. The SMILES string of the molecule is Cc1cc(S(=O)(=O)O)cc2ccc(C3C(=O)c4ccccc4C3=O)nc12.[Na]. The number of hydrogen-bond donors (Lipinski definition) is 1. The zero-order valence-corrected chi connectivity index (χ0v) is 17.4. The van der Waals surface area contributed by atoms with Gasteiger partial charge in [-0.2, -0.15) is 8.42 Å². The van der Waals surface area contributed by atoms with Crippen LogP contribution in [0.5, 0.6) is 0 Å². The molecule has 2 aromatic carbocycles. The van der Waals surface area contributed by atoms with Crippen LogP contribution in [0.1, 0.15) is 37.9 Å². The molecule has 0 unspecified atom stereocenters. The molecule has 0 spiro atoms. The van der Waals surface area contributed by atoms with Crippen molar-refractivity contribution in [1.29, 1.82) is 0 Å². The number of rotatable bonds is 2. The Kier molecular flexibility index (Phi) is 5.09. The summed E-state index contributed by atoms with van der Waals surface area (Å²) in [6.45, 7) is 1.65. The molecule has 1 N–H and O–H groups in total. The first-order valence-corrected chi connectivity index (χ1v) is 9.27. The molecule has 0 aliphatic heterocycles. The summed E-state index contributed by atoms with van der Waals surface area (Å²) in [5.41, 5.74) is 2.11. The summed E-state index contributed by atoms with van der Waals surface area (Å²) in [6, 6.07) is 12.4. The third-order valence-corrected chi connectivity index (χ3v) is 5.39. The predicted molar refractivity (Wildman–Crippen MR) is 99.9 cm³/mol. The molecule has 0 atom stereocenters. The maximum atomic E-state index is 12.6. The number of aromatic nitrogens is 1. The molecule has 27 heavy (non-hydrogen) atoms. The standard InChI is InChI=1S/C19H13NO5S.Na/c1-10-8-12(26(23,24)25)9-11-6-7-15(20-17(10)11)16-18(21)13-4-2-3-5-14(13)19(16)22;/h2-9,16H,1H3,(H,23,24,25);. The number of carbonyl (C=O) groups excluding carboxylic acids is 2. The topological polar surface area (TPSA) is 101 Å². The molecule has 3 aromatic rings. The van der Waals surface area contributed by atoms with E-state index in [-0.39, 0.29) is 46.0 Å². The number of aryl methyl sites for hydroxylation is 1. The van der Waals surface area contributed by atoms with Gasteiger partial charge in [0.05, 0.1) is 16.1 Å². The van der Waals surface area contributed by atoms with Crippen molar-refractivity contribution in [1.82, 2.24) is 4.98 Å². The van der Waals surface area contributed by atoms with E-state index in [4.69, 9.17) is 0 Å². The molecule has 1 aliphatic rings. The van der Waals surface area contributed by atoms with Gasteiger partial charge in [-0.25, -0.2) is 0 Å². The van der Waals surface area contributed by atoms with E-state index in [1.807, 2.05) is 0 Å². The van der Waals surface area contributed by atoms with Crippen molar-refractivity contribution in [3.05, 3.63) is 70.9 Å². The van der Waals surface area contributed by atoms with E-state index in [0.717, 1.165) is 0 Å². The second-order valence-corrected chi connectivity index (χ2v) is 7.65. The number of pyridine rings is 1. The number of Topliss-reactive ketones (excluding diaryl/α,β-unsaturated/α-hetero) is 2. The van der Waals surface area contributed by atoms with Gasteiger partial charge in [-0.05, 0) is 30.7 Å². The average molecular weight is 390 g/mol. The first kappa shape index (κ1) is 19.9. The van der Waals surface area contributed by atoms with Gasteiger partial charge in [-0.15, -0.1) is 0 Å². The van der Waals surface area contributed by atoms with Crippen molar-refractivity contribution >= 4 is 62.1 Å². The van der Waals surface area contributed by atoms with Crippen LogP contribution in [0.4, 0.5) is 0 Å².